The van der Waals surface area contributed by atoms with E-state index in [2.05, 4.69) is 33.0 Å². The van der Waals surface area contributed by atoms with E-state index in [1.807, 2.05) is 26.2 Å². The van der Waals surface area contributed by atoms with Gasteiger partial charge in [-0.2, -0.15) is 4.98 Å². The first-order chi connectivity index (χ1) is 15.0. The van der Waals surface area contributed by atoms with Gasteiger partial charge in [-0.3, -0.25) is 0 Å². The lowest BCUT2D eigenvalue weighted by atomic mass is 9.91. The second kappa shape index (κ2) is 8.77. The Morgan fingerprint density at radius 2 is 1.71 bits per heavy atom. The smallest absolute Gasteiger partial charge is 0.225 e. The van der Waals surface area contributed by atoms with Crippen LogP contribution in [-0.2, 0) is 0 Å². The summed E-state index contributed by atoms with van der Waals surface area (Å²) in [4.78, 5) is 11.6. The van der Waals surface area contributed by atoms with Gasteiger partial charge in [-0.05, 0) is 81.1 Å². The van der Waals surface area contributed by atoms with E-state index < -0.39 is 0 Å². The van der Waals surface area contributed by atoms with Crippen LogP contribution in [0.4, 0.5) is 11.8 Å². The number of rotatable bonds is 5. The van der Waals surface area contributed by atoms with Gasteiger partial charge in [-0.25, -0.2) is 4.98 Å². The van der Waals surface area contributed by atoms with Crippen LogP contribution in [0.25, 0.3) is 10.9 Å². The van der Waals surface area contributed by atoms with E-state index in [-0.39, 0.29) is 0 Å². The van der Waals surface area contributed by atoms with Crippen LogP contribution in [0.1, 0.15) is 51.4 Å². The van der Waals surface area contributed by atoms with Crippen molar-refractivity contribution < 1.29 is 0 Å². The highest BCUT2D eigenvalue weighted by molar-refractivity contribution is 7.80. The molecule has 2 bridgehead atoms. The van der Waals surface area contributed by atoms with Gasteiger partial charge in [-0.15, -0.1) is 0 Å². The first-order valence-corrected chi connectivity index (χ1v) is 12.2. The van der Waals surface area contributed by atoms with E-state index in [9.17, 15) is 0 Å². The fourth-order valence-electron chi connectivity index (χ4n) is 5.85. The van der Waals surface area contributed by atoms with Crippen molar-refractivity contribution in [2.75, 3.05) is 24.3 Å². The van der Waals surface area contributed by atoms with Crippen molar-refractivity contribution >= 4 is 40.0 Å². The van der Waals surface area contributed by atoms with Gasteiger partial charge in [0.05, 0.1) is 5.52 Å². The van der Waals surface area contributed by atoms with Crippen molar-refractivity contribution in [3.63, 3.8) is 0 Å². The normalized spacial score (nSPS) is 29.7. The van der Waals surface area contributed by atoms with Crippen LogP contribution >= 0.6 is 12.2 Å². The van der Waals surface area contributed by atoms with E-state index >= 15 is 0 Å². The molecule has 2 aromatic rings. The van der Waals surface area contributed by atoms with Crippen LogP contribution in [0.3, 0.4) is 0 Å². The zero-order chi connectivity index (χ0) is 21.4. The summed E-state index contributed by atoms with van der Waals surface area (Å²) >= 11 is 5.64. The van der Waals surface area contributed by atoms with Crippen LogP contribution < -0.4 is 20.9 Å². The third-order valence-corrected chi connectivity index (χ3v) is 7.69. The molecule has 7 heteroatoms. The Kier molecular flexibility index (Phi) is 5.87. The van der Waals surface area contributed by atoms with E-state index in [1.54, 1.807) is 0 Å². The summed E-state index contributed by atoms with van der Waals surface area (Å²) in [5.74, 6) is 3.48. The molecule has 166 valence electrons. The fourth-order valence-corrected chi connectivity index (χ4v) is 6.16. The largest absolute Gasteiger partial charge is 0.362 e. The van der Waals surface area contributed by atoms with Crippen molar-refractivity contribution in [3.05, 3.63) is 24.3 Å². The predicted octanol–water partition coefficient (Wildman–Crippen LogP) is 4.07. The van der Waals surface area contributed by atoms with Gasteiger partial charge >= 0.3 is 0 Å². The van der Waals surface area contributed by atoms with E-state index in [1.165, 1.54) is 25.7 Å². The molecule has 3 aliphatic carbocycles. The van der Waals surface area contributed by atoms with Gasteiger partial charge in [0.15, 0.2) is 5.11 Å². The third-order valence-electron chi connectivity index (χ3n) is 7.46. The molecule has 31 heavy (non-hydrogen) atoms. The Bertz CT molecular complexity index is 939. The number of fused-ring (bicyclic) bond motifs is 3. The molecule has 1 aromatic heterocycles. The first-order valence-electron chi connectivity index (χ1n) is 11.8. The fraction of sp³-hybridized carbons (Fsp3) is 0.625. The molecule has 3 aliphatic rings. The molecule has 1 heterocycles. The Hall–Kier alpha value is -2.15. The molecule has 0 amide bonds. The van der Waals surface area contributed by atoms with Crippen LogP contribution in [0, 0.1) is 11.8 Å². The van der Waals surface area contributed by atoms with Crippen LogP contribution in [0.2, 0.25) is 0 Å². The second-order valence-corrected chi connectivity index (χ2v) is 10.3. The Morgan fingerprint density at radius 3 is 2.42 bits per heavy atom. The molecule has 6 nitrogen and oxygen atoms in total. The summed E-state index contributed by atoms with van der Waals surface area (Å²) in [6.45, 7) is 0. The molecule has 3 N–H and O–H groups in total. The van der Waals surface area contributed by atoms with Crippen LogP contribution in [0.5, 0.6) is 0 Å². The number of hydrogen-bond donors (Lipinski definition) is 3. The number of thiocarbonyl (C=S) groups is 1. The summed E-state index contributed by atoms with van der Waals surface area (Å²) < 4.78 is 0. The van der Waals surface area contributed by atoms with Gasteiger partial charge in [0.2, 0.25) is 5.95 Å². The standard InChI is InChI=1S/C24H34N6S/c1-30(2)22-19-5-3-4-6-20(19)27-23(29-22)25-17-9-11-18(12-10-17)26-24(31)28-21-14-15-7-8-16(21)13-15/h3-6,15-18,21H,7-14H2,1-2H3,(H,25,27,29)(H2,26,28,31). The molecule has 3 unspecified atom stereocenters. The summed E-state index contributed by atoms with van der Waals surface area (Å²) in [6.07, 6.45) is 9.96. The van der Waals surface area contributed by atoms with Gasteiger partial charge in [0, 0.05) is 37.6 Å². The molecule has 5 rings (SSSR count). The zero-order valence-electron chi connectivity index (χ0n) is 18.6. The second-order valence-electron chi connectivity index (χ2n) is 9.87. The maximum atomic E-state index is 5.64. The Morgan fingerprint density at radius 1 is 0.935 bits per heavy atom. The number of para-hydroxylation sites is 1. The number of nitrogens with zero attached hydrogens (tertiary/aromatic N) is 3. The average molecular weight is 439 g/mol. The highest BCUT2D eigenvalue weighted by Crippen LogP contribution is 2.44. The predicted molar refractivity (Wildman–Crippen MR) is 132 cm³/mol. The lowest BCUT2D eigenvalue weighted by Crippen LogP contribution is -2.49. The van der Waals surface area contributed by atoms with Crippen molar-refractivity contribution in [2.45, 2.75) is 69.5 Å². The maximum Gasteiger partial charge on any atom is 0.225 e. The molecule has 0 saturated heterocycles. The highest BCUT2D eigenvalue weighted by atomic mass is 32.1. The van der Waals surface area contributed by atoms with Crippen LogP contribution in [-0.4, -0.2) is 47.3 Å². The lowest BCUT2D eigenvalue weighted by molar-refractivity contribution is 0.369. The van der Waals surface area contributed by atoms with Gasteiger partial charge in [-0.1, -0.05) is 18.6 Å². The summed E-state index contributed by atoms with van der Waals surface area (Å²) in [5, 5.41) is 12.8. The molecule has 1 aromatic carbocycles. The average Bonchev–Trinajstić information content (AvgIpc) is 3.37. The third kappa shape index (κ3) is 4.56. The topological polar surface area (TPSA) is 65.1 Å². The van der Waals surface area contributed by atoms with Crippen LogP contribution in [0.15, 0.2) is 24.3 Å². The minimum absolute atomic E-state index is 0.404. The summed E-state index contributed by atoms with van der Waals surface area (Å²) in [5.41, 5.74) is 0.982. The quantitative estimate of drug-likeness (QED) is 0.608. The van der Waals surface area contributed by atoms with Gasteiger partial charge in [0.1, 0.15) is 5.82 Å². The monoisotopic (exact) mass is 438 g/mol. The minimum atomic E-state index is 0.404. The van der Waals surface area contributed by atoms with Crippen molar-refractivity contribution in [2.24, 2.45) is 11.8 Å². The number of benzene rings is 1. The van der Waals surface area contributed by atoms with E-state index in [0.29, 0.717) is 18.1 Å². The molecule has 0 aliphatic heterocycles. The molecular formula is C24H34N6S. The number of aromatic nitrogens is 2. The molecule has 0 radical (unpaired) electrons. The van der Waals surface area contributed by atoms with Crippen molar-refractivity contribution in [1.82, 2.24) is 20.6 Å². The molecule has 3 atom stereocenters. The highest BCUT2D eigenvalue weighted by Gasteiger charge is 2.39. The molecule has 3 fully saturated rings. The van der Waals surface area contributed by atoms with Gasteiger partial charge < -0.3 is 20.9 Å². The molecule has 0 spiro atoms. The number of anilines is 2. The van der Waals surface area contributed by atoms with E-state index in [4.69, 9.17) is 22.2 Å². The molecular weight excluding hydrogens is 404 g/mol. The van der Waals surface area contributed by atoms with Gasteiger partial charge in [0.25, 0.3) is 0 Å². The van der Waals surface area contributed by atoms with E-state index in [0.717, 1.165) is 65.3 Å². The zero-order valence-corrected chi connectivity index (χ0v) is 19.4. The first kappa shape index (κ1) is 20.7. The lowest BCUT2D eigenvalue weighted by Gasteiger charge is -2.32. The Balaban J connectivity index is 1.14. The Labute approximate surface area is 190 Å². The summed E-state index contributed by atoms with van der Waals surface area (Å²) in [7, 11) is 4.06. The minimum Gasteiger partial charge on any atom is -0.362 e. The SMILES string of the molecule is CN(C)c1nc(NC2CCC(NC(=S)NC3CC4CCC3C4)CC2)nc2ccccc12. The van der Waals surface area contributed by atoms with Crippen molar-refractivity contribution in [3.8, 4) is 0 Å². The number of nitrogens with one attached hydrogen (secondary N) is 3. The van der Waals surface area contributed by atoms with Crippen molar-refractivity contribution in [1.29, 1.82) is 0 Å². The summed E-state index contributed by atoms with van der Waals surface area (Å²) in [6, 6.07) is 9.68. The maximum absolute atomic E-state index is 5.64. The molecule has 3 saturated carbocycles. The number of hydrogen-bond acceptors (Lipinski definition) is 5.